The molecule has 1 atom stereocenters. The molecule has 8 nitrogen and oxygen atoms in total. The van der Waals surface area contributed by atoms with Crippen molar-refractivity contribution in [1.82, 2.24) is 9.78 Å². The van der Waals surface area contributed by atoms with Crippen LogP contribution in [-0.2, 0) is 4.79 Å². The van der Waals surface area contributed by atoms with Crippen LogP contribution in [0.15, 0.2) is 16.9 Å². The van der Waals surface area contributed by atoms with Gasteiger partial charge in [-0.25, -0.2) is 0 Å². The van der Waals surface area contributed by atoms with Crippen molar-refractivity contribution in [3.63, 3.8) is 0 Å². The van der Waals surface area contributed by atoms with E-state index in [1.165, 1.54) is 21.3 Å². The summed E-state index contributed by atoms with van der Waals surface area (Å²) in [6.07, 6.45) is 0.143. The van der Waals surface area contributed by atoms with E-state index in [0.717, 1.165) is 0 Å². The maximum atomic E-state index is 12.6. The van der Waals surface area contributed by atoms with E-state index >= 15 is 0 Å². The summed E-state index contributed by atoms with van der Waals surface area (Å²) in [6.45, 7) is 3.87. The highest BCUT2D eigenvalue weighted by atomic mass is 16.5. The number of aromatic amines is 1. The fourth-order valence-electron chi connectivity index (χ4n) is 3.44. The van der Waals surface area contributed by atoms with Gasteiger partial charge in [0.25, 0.3) is 5.56 Å². The van der Waals surface area contributed by atoms with E-state index in [1.807, 2.05) is 13.8 Å². The first kappa shape index (κ1) is 17.9. The van der Waals surface area contributed by atoms with Crippen LogP contribution in [0.2, 0.25) is 0 Å². The molecule has 3 rings (SSSR count). The number of carbonyl (C=O) groups excluding carboxylic acids is 1. The number of fused-ring (bicyclic) bond motifs is 1. The van der Waals surface area contributed by atoms with Crippen LogP contribution < -0.4 is 25.1 Å². The van der Waals surface area contributed by atoms with E-state index < -0.39 is 5.92 Å². The Morgan fingerprint density at radius 3 is 2.35 bits per heavy atom. The smallest absolute Gasteiger partial charge is 0.270 e. The topological polar surface area (TPSA) is 94.6 Å². The molecule has 0 bridgehead atoms. The molecule has 0 spiro atoms. The van der Waals surface area contributed by atoms with Crippen molar-refractivity contribution in [2.45, 2.75) is 32.2 Å². The number of nitrogens with one attached hydrogen (secondary N) is 2. The van der Waals surface area contributed by atoms with Crippen LogP contribution in [0.5, 0.6) is 17.2 Å². The Balaban J connectivity index is 2.24. The summed E-state index contributed by atoms with van der Waals surface area (Å²) < 4.78 is 18.0. The molecule has 0 aliphatic carbocycles. The largest absolute Gasteiger partial charge is 0.493 e. The molecule has 1 aliphatic rings. The summed E-state index contributed by atoms with van der Waals surface area (Å²) >= 11 is 0. The zero-order valence-electron chi connectivity index (χ0n) is 15.5. The van der Waals surface area contributed by atoms with Gasteiger partial charge in [0.05, 0.1) is 26.9 Å². The van der Waals surface area contributed by atoms with E-state index in [9.17, 15) is 9.59 Å². The van der Waals surface area contributed by atoms with Gasteiger partial charge in [0.2, 0.25) is 11.7 Å². The summed E-state index contributed by atoms with van der Waals surface area (Å²) in [7, 11) is 4.58. The zero-order valence-corrected chi connectivity index (χ0v) is 15.5. The molecule has 0 radical (unpaired) electrons. The van der Waals surface area contributed by atoms with Crippen molar-refractivity contribution in [2.75, 3.05) is 26.6 Å². The second-order valence-electron chi connectivity index (χ2n) is 6.40. The number of nitrogens with zero attached hydrogens (tertiary/aromatic N) is 1. The SMILES string of the molecule is COc1ccc(C2CC(=O)Nc3c2c(=O)[nH]n3C(C)C)c(OC)c1OC. The lowest BCUT2D eigenvalue weighted by molar-refractivity contribution is -0.116. The van der Waals surface area contributed by atoms with Gasteiger partial charge in [0, 0.05) is 23.9 Å². The maximum absolute atomic E-state index is 12.6. The predicted octanol–water partition coefficient (Wildman–Crippen LogP) is 2.26. The number of H-pyrrole nitrogens is 1. The molecule has 0 saturated heterocycles. The number of methoxy groups -OCH3 is 3. The first-order valence-electron chi connectivity index (χ1n) is 8.36. The molecule has 1 aliphatic heterocycles. The van der Waals surface area contributed by atoms with Gasteiger partial charge in [-0.3, -0.25) is 19.4 Å². The molecular formula is C18H23N3O5. The van der Waals surface area contributed by atoms with Crippen molar-refractivity contribution in [3.05, 3.63) is 33.6 Å². The number of amides is 1. The molecule has 1 aromatic carbocycles. The number of hydrogen-bond donors (Lipinski definition) is 2. The first-order chi connectivity index (χ1) is 12.4. The zero-order chi connectivity index (χ0) is 19.0. The van der Waals surface area contributed by atoms with Crippen molar-refractivity contribution < 1.29 is 19.0 Å². The highest BCUT2D eigenvalue weighted by Crippen LogP contribution is 2.46. The number of ether oxygens (including phenoxy) is 3. The Morgan fingerprint density at radius 2 is 1.77 bits per heavy atom. The summed E-state index contributed by atoms with van der Waals surface area (Å²) in [4.78, 5) is 25.0. The van der Waals surface area contributed by atoms with Crippen LogP contribution in [0.4, 0.5) is 5.82 Å². The number of carbonyl (C=O) groups is 1. The van der Waals surface area contributed by atoms with E-state index in [0.29, 0.717) is 34.2 Å². The molecule has 2 aromatic rings. The molecule has 1 aromatic heterocycles. The van der Waals surface area contributed by atoms with Gasteiger partial charge in [0.1, 0.15) is 5.82 Å². The predicted molar refractivity (Wildman–Crippen MR) is 96.6 cm³/mol. The Labute approximate surface area is 151 Å². The lowest BCUT2D eigenvalue weighted by Crippen LogP contribution is -2.27. The minimum absolute atomic E-state index is 0.00204. The van der Waals surface area contributed by atoms with Crippen LogP contribution in [0.1, 0.15) is 43.4 Å². The Kier molecular flexibility index (Phi) is 4.67. The second kappa shape index (κ2) is 6.78. The second-order valence-corrected chi connectivity index (χ2v) is 6.40. The van der Waals surface area contributed by atoms with Gasteiger partial charge in [0.15, 0.2) is 11.5 Å². The highest BCUT2D eigenvalue weighted by molar-refractivity contribution is 5.94. The minimum Gasteiger partial charge on any atom is -0.493 e. The van der Waals surface area contributed by atoms with E-state index in [2.05, 4.69) is 10.4 Å². The lowest BCUT2D eigenvalue weighted by atomic mass is 9.86. The van der Waals surface area contributed by atoms with Crippen molar-refractivity contribution >= 4 is 11.7 Å². The van der Waals surface area contributed by atoms with Gasteiger partial charge in [-0.05, 0) is 19.9 Å². The van der Waals surface area contributed by atoms with Crippen LogP contribution in [0.25, 0.3) is 0 Å². The molecule has 1 amide bonds. The molecular weight excluding hydrogens is 338 g/mol. The van der Waals surface area contributed by atoms with Gasteiger partial charge in [-0.2, -0.15) is 0 Å². The van der Waals surface area contributed by atoms with E-state index in [4.69, 9.17) is 14.2 Å². The Bertz CT molecular complexity index is 897. The maximum Gasteiger partial charge on any atom is 0.270 e. The molecule has 140 valence electrons. The Hall–Kier alpha value is -2.90. The molecule has 1 unspecified atom stereocenters. The standard InChI is InChI=1S/C18H23N3O5/c1-9(2)21-17-14(18(23)20-21)11(8-13(22)19-17)10-6-7-12(24-3)16(26-5)15(10)25-4/h6-7,9,11H,8H2,1-5H3,(H,19,22)(H,20,23). The van der Waals surface area contributed by atoms with Crippen molar-refractivity contribution in [2.24, 2.45) is 0 Å². The van der Waals surface area contributed by atoms with Crippen LogP contribution in [-0.4, -0.2) is 37.0 Å². The highest BCUT2D eigenvalue weighted by Gasteiger charge is 2.35. The minimum atomic E-state index is -0.447. The normalized spacial score (nSPS) is 16.2. The monoisotopic (exact) mass is 361 g/mol. The first-order valence-corrected chi connectivity index (χ1v) is 8.36. The van der Waals surface area contributed by atoms with Crippen molar-refractivity contribution in [3.8, 4) is 17.2 Å². The quantitative estimate of drug-likeness (QED) is 0.852. The third-order valence-electron chi connectivity index (χ3n) is 4.58. The summed E-state index contributed by atoms with van der Waals surface area (Å²) in [5, 5.41) is 5.63. The summed E-state index contributed by atoms with van der Waals surface area (Å²) in [6, 6.07) is 3.55. The summed E-state index contributed by atoms with van der Waals surface area (Å²) in [5.41, 5.74) is 0.993. The van der Waals surface area contributed by atoms with E-state index in [1.54, 1.807) is 16.8 Å². The average Bonchev–Trinajstić information content (AvgIpc) is 2.96. The van der Waals surface area contributed by atoms with Crippen LogP contribution >= 0.6 is 0 Å². The van der Waals surface area contributed by atoms with Crippen LogP contribution in [0, 0.1) is 0 Å². The van der Waals surface area contributed by atoms with Crippen LogP contribution in [0.3, 0.4) is 0 Å². The summed E-state index contributed by atoms with van der Waals surface area (Å²) in [5.74, 6) is 1.30. The molecule has 26 heavy (non-hydrogen) atoms. The molecule has 2 heterocycles. The fourth-order valence-corrected chi connectivity index (χ4v) is 3.44. The Morgan fingerprint density at radius 1 is 1.08 bits per heavy atom. The van der Waals surface area contributed by atoms with Gasteiger partial charge < -0.3 is 19.5 Å². The lowest BCUT2D eigenvalue weighted by Gasteiger charge is -2.26. The van der Waals surface area contributed by atoms with E-state index in [-0.39, 0.29) is 23.9 Å². The number of rotatable bonds is 5. The molecule has 0 fully saturated rings. The van der Waals surface area contributed by atoms with Gasteiger partial charge >= 0.3 is 0 Å². The third kappa shape index (κ3) is 2.71. The van der Waals surface area contributed by atoms with Crippen molar-refractivity contribution in [1.29, 1.82) is 0 Å². The average molecular weight is 361 g/mol. The molecule has 0 saturated carbocycles. The number of anilines is 1. The molecule has 8 heteroatoms. The number of aromatic nitrogens is 2. The van der Waals surface area contributed by atoms with Gasteiger partial charge in [-0.1, -0.05) is 6.07 Å². The fraction of sp³-hybridized carbons (Fsp3) is 0.444. The number of benzene rings is 1. The third-order valence-corrected chi connectivity index (χ3v) is 4.58. The molecule has 2 N–H and O–H groups in total. The van der Waals surface area contributed by atoms with Gasteiger partial charge in [-0.15, -0.1) is 0 Å². The number of hydrogen-bond acceptors (Lipinski definition) is 5.